The molecule has 2 heterocycles. The first-order valence-electron chi connectivity index (χ1n) is 9.74. The summed E-state index contributed by atoms with van der Waals surface area (Å²) >= 11 is 6.03. The molecule has 0 aliphatic carbocycles. The van der Waals surface area contributed by atoms with E-state index in [2.05, 4.69) is 22.9 Å². The van der Waals surface area contributed by atoms with Crippen LogP contribution in [0.25, 0.3) is 10.4 Å². The van der Waals surface area contributed by atoms with Gasteiger partial charge in [0.2, 0.25) is 11.8 Å². The molecule has 2 atom stereocenters. The van der Waals surface area contributed by atoms with Crippen molar-refractivity contribution in [3.8, 4) is 10.4 Å². The molecule has 3 rings (SSSR count). The Morgan fingerprint density at radius 1 is 1.38 bits per heavy atom. The first-order chi connectivity index (χ1) is 13.7. The highest BCUT2D eigenvalue weighted by molar-refractivity contribution is 7.81. The molecule has 0 bridgehead atoms. The van der Waals surface area contributed by atoms with Gasteiger partial charge in [0, 0.05) is 17.8 Å². The fourth-order valence-corrected chi connectivity index (χ4v) is 4.37. The monoisotopic (exact) mass is 432 g/mol. The molecule has 156 valence electrons. The summed E-state index contributed by atoms with van der Waals surface area (Å²) in [7, 11) is 0. The third-order valence-electron chi connectivity index (χ3n) is 5.29. The molecule has 2 unspecified atom stereocenters. The number of carbonyl (C=O) groups is 2. The number of thiol groups is 1. The Hall–Kier alpha value is -1.90. The third-order valence-corrected chi connectivity index (χ3v) is 6.55. The van der Waals surface area contributed by atoms with Gasteiger partial charge in [-0.25, -0.2) is 4.98 Å². The molecule has 0 spiro atoms. The molecule has 2 amide bonds. The van der Waals surface area contributed by atoms with E-state index in [4.69, 9.17) is 5.73 Å². The number of carbonyl (C=O) groups excluding carboxylic acids is 2. The van der Waals surface area contributed by atoms with Crippen LogP contribution in [0.5, 0.6) is 0 Å². The zero-order chi connectivity index (χ0) is 21.2. The number of likely N-dealkylation sites (tertiary alicyclic amines) is 1. The molecule has 1 aliphatic heterocycles. The second kappa shape index (κ2) is 8.85. The minimum absolute atomic E-state index is 0.137. The van der Waals surface area contributed by atoms with Gasteiger partial charge in [-0.05, 0) is 44.7 Å². The van der Waals surface area contributed by atoms with Gasteiger partial charge in [-0.3, -0.25) is 9.59 Å². The summed E-state index contributed by atoms with van der Waals surface area (Å²) in [6.45, 7) is 6.58. The van der Waals surface area contributed by atoms with Crippen molar-refractivity contribution in [3.63, 3.8) is 0 Å². The molecule has 1 fully saturated rings. The summed E-state index contributed by atoms with van der Waals surface area (Å²) in [5.74, 6) is -0.352. The average Bonchev–Trinajstić information content (AvgIpc) is 3.33. The summed E-state index contributed by atoms with van der Waals surface area (Å²) in [4.78, 5) is 32.5. The van der Waals surface area contributed by atoms with Crippen LogP contribution in [0, 0.1) is 6.92 Å². The van der Waals surface area contributed by atoms with Gasteiger partial charge in [0.05, 0.1) is 22.1 Å². The molecular formula is C21H28N4O2S2. The fraction of sp³-hybridized carbons (Fsp3) is 0.476. The first-order valence-corrected chi connectivity index (χ1v) is 11.1. The number of aryl methyl sites for hydroxylation is 1. The van der Waals surface area contributed by atoms with Crippen molar-refractivity contribution in [1.29, 1.82) is 0 Å². The second-order valence-corrected chi connectivity index (χ2v) is 10.0. The Balaban J connectivity index is 1.60. The summed E-state index contributed by atoms with van der Waals surface area (Å²) in [6, 6.07) is 6.88. The minimum Gasteiger partial charge on any atom is -0.350 e. The SMILES string of the molecule is Cc1ncsc1-c1ccc(CNC(=O)C2CCCN2C(=O)C(N)C(C)(C)S)cc1. The van der Waals surface area contributed by atoms with E-state index in [0.717, 1.165) is 28.1 Å². The lowest BCUT2D eigenvalue weighted by atomic mass is 10.0. The van der Waals surface area contributed by atoms with Crippen LogP contribution >= 0.6 is 24.0 Å². The van der Waals surface area contributed by atoms with Crippen molar-refractivity contribution in [3.05, 3.63) is 41.0 Å². The lowest BCUT2D eigenvalue weighted by molar-refractivity contribution is -0.139. The number of nitrogens with one attached hydrogen (secondary N) is 1. The molecular weight excluding hydrogens is 404 g/mol. The van der Waals surface area contributed by atoms with Crippen molar-refractivity contribution in [1.82, 2.24) is 15.2 Å². The van der Waals surface area contributed by atoms with E-state index in [1.54, 1.807) is 30.1 Å². The zero-order valence-electron chi connectivity index (χ0n) is 17.0. The van der Waals surface area contributed by atoms with E-state index in [0.29, 0.717) is 19.5 Å². The second-order valence-electron chi connectivity index (χ2n) is 8.00. The Kier molecular flexibility index (Phi) is 6.65. The van der Waals surface area contributed by atoms with E-state index in [1.807, 2.05) is 36.7 Å². The first kappa shape index (κ1) is 21.8. The average molecular weight is 433 g/mol. The van der Waals surface area contributed by atoms with Gasteiger partial charge in [-0.2, -0.15) is 12.6 Å². The fourth-order valence-electron chi connectivity index (χ4n) is 3.44. The number of benzene rings is 1. The van der Waals surface area contributed by atoms with E-state index in [-0.39, 0.29) is 11.8 Å². The van der Waals surface area contributed by atoms with Gasteiger partial charge in [0.25, 0.3) is 0 Å². The molecule has 29 heavy (non-hydrogen) atoms. The smallest absolute Gasteiger partial charge is 0.243 e. The Labute approximate surface area is 181 Å². The molecule has 6 nitrogen and oxygen atoms in total. The largest absolute Gasteiger partial charge is 0.350 e. The predicted octanol–water partition coefficient (Wildman–Crippen LogP) is 2.76. The molecule has 0 saturated carbocycles. The van der Waals surface area contributed by atoms with Crippen LogP contribution in [0.1, 0.15) is 37.9 Å². The highest BCUT2D eigenvalue weighted by Crippen LogP contribution is 2.27. The number of thiazole rings is 1. The molecule has 1 saturated heterocycles. The molecule has 0 radical (unpaired) electrons. The Bertz CT molecular complexity index is 874. The van der Waals surface area contributed by atoms with Gasteiger partial charge in [-0.15, -0.1) is 11.3 Å². The van der Waals surface area contributed by atoms with Crippen LogP contribution in [0.15, 0.2) is 29.8 Å². The predicted molar refractivity (Wildman–Crippen MR) is 120 cm³/mol. The van der Waals surface area contributed by atoms with E-state index < -0.39 is 16.8 Å². The van der Waals surface area contributed by atoms with E-state index >= 15 is 0 Å². The van der Waals surface area contributed by atoms with Crippen LogP contribution in [0.3, 0.4) is 0 Å². The van der Waals surface area contributed by atoms with Crippen molar-refractivity contribution in [2.45, 2.75) is 57.0 Å². The lowest BCUT2D eigenvalue weighted by Crippen LogP contribution is -2.56. The highest BCUT2D eigenvalue weighted by atomic mass is 32.1. The van der Waals surface area contributed by atoms with Gasteiger partial charge in [-0.1, -0.05) is 24.3 Å². The van der Waals surface area contributed by atoms with Crippen molar-refractivity contribution >= 4 is 35.8 Å². The maximum atomic E-state index is 12.7. The maximum absolute atomic E-state index is 12.7. The zero-order valence-corrected chi connectivity index (χ0v) is 18.7. The van der Waals surface area contributed by atoms with Gasteiger partial charge in [0.1, 0.15) is 6.04 Å². The van der Waals surface area contributed by atoms with Gasteiger partial charge >= 0.3 is 0 Å². The Morgan fingerprint density at radius 2 is 2.07 bits per heavy atom. The van der Waals surface area contributed by atoms with Crippen LogP contribution < -0.4 is 11.1 Å². The van der Waals surface area contributed by atoms with Gasteiger partial charge in [0.15, 0.2) is 0 Å². The molecule has 1 aromatic carbocycles. The lowest BCUT2D eigenvalue weighted by Gasteiger charge is -2.32. The number of hydrogen-bond acceptors (Lipinski definition) is 6. The number of aromatic nitrogens is 1. The quantitative estimate of drug-likeness (QED) is 0.613. The summed E-state index contributed by atoms with van der Waals surface area (Å²) in [5, 5.41) is 2.97. The molecule has 3 N–H and O–H groups in total. The van der Waals surface area contributed by atoms with Crippen LogP contribution in [-0.4, -0.2) is 45.1 Å². The molecule has 8 heteroatoms. The van der Waals surface area contributed by atoms with Crippen molar-refractivity contribution < 1.29 is 9.59 Å². The number of nitrogens with two attached hydrogens (primary N) is 1. The number of nitrogens with zero attached hydrogens (tertiary/aromatic N) is 2. The number of rotatable bonds is 6. The number of amides is 2. The summed E-state index contributed by atoms with van der Waals surface area (Å²) in [6.07, 6.45) is 1.45. The van der Waals surface area contributed by atoms with Crippen molar-refractivity contribution in [2.24, 2.45) is 5.73 Å². The number of hydrogen-bond donors (Lipinski definition) is 3. The van der Waals surface area contributed by atoms with E-state index in [9.17, 15) is 9.59 Å². The van der Waals surface area contributed by atoms with Crippen LogP contribution in [-0.2, 0) is 16.1 Å². The van der Waals surface area contributed by atoms with Crippen LogP contribution in [0.2, 0.25) is 0 Å². The highest BCUT2D eigenvalue weighted by Gasteiger charge is 2.39. The topological polar surface area (TPSA) is 88.3 Å². The Morgan fingerprint density at radius 3 is 2.66 bits per heavy atom. The standard InChI is InChI=1S/C21H28N4O2S2/c1-13-17(29-12-24-13)15-8-6-14(7-9-15)11-23-19(26)16-5-4-10-25(16)20(27)18(22)21(2,3)28/h6-9,12,16,18,28H,4-5,10-11,22H2,1-3H3,(H,23,26). The summed E-state index contributed by atoms with van der Waals surface area (Å²) in [5.41, 5.74) is 11.1. The summed E-state index contributed by atoms with van der Waals surface area (Å²) < 4.78 is -0.640. The van der Waals surface area contributed by atoms with Gasteiger partial charge < -0.3 is 16.0 Å². The molecule has 2 aromatic rings. The minimum atomic E-state index is -0.748. The molecule has 1 aliphatic rings. The van der Waals surface area contributed by atoms with E-state index in [1.165, 1.54) is 0 Å². The third kappa shape index (κ3) is 4.99. The van der Waals surface area contributed by atoms with Crippen LogP contribution in [0.4, 0.5) is 0 Å². The van der Waals surface area contributed by atoms with Crippen molar-refractivity contribution in [2.75, 3.05) is 6.54 Å². The molecule has 1 aromatic heterocycles. The maximum Gasteiger partial charge on any atom is 0.243 e. The normalized spacial score (nSPS) is 18.0.